The first-order valence-electron chi connectivity index (χ1n) is 7.23. The summed E-state index contributed by atoms with van der Waals surface area (Å²) in [5, 5.41) is 6.14. The number of anilines is 1. The lowest BCUT2D eigenvalue weighted by Crippen LogP contribution is -2.38. The Hall–Kier alpha value is -1.88. The van der Waals surface area contributed by atoms with Crippen LogP contribution in [0.25, 0.3) is 0 Å². The highest BCUT2D eigenvalue weighted by atomic mass is 16.5. The van der Waals surface area contributed by atoms with Gasteiger partial charge < -0.3 is 15.4 Å². The zero-order valence-corrected chi connectivity index (χ0v) is 12.8. The lowest BCUT2D eigenvalue weighted by Gasteiger charge is -2.25. The van der Waals surface area contributed by atoms with Crippen LogP contribution in [0.1, 0.15) is 35.7 Å². The van der Waals surface area contributed by atoms with Gasteiger partial charge in [-0.2, -0.15) is 0 Å². The van der Waals surface area contributed by atoms with Gasteiger partial charge in [0.05, 0.1) is 23.8 Å². The van der Waals surface area contributed by atoms with E-state index >= 15 is 0 Å². The molecule has 2 N–H and O–H groups in total. The summed E-state index contributed by atoms with van der Waals surface area (Å²) in [4.78, 5) is 24.5. The second-order valence-electron chi connectivity index (χ2n) is 5.56. The minimum atomic E-state index is -0.441. The third-order valence-electron chi connectivity index (χ3n) is 4.23. The molecule has 0 bridgehead atoms. The van der Waals surface area contributed by atoms with Crippen LogP contribution in [0.5, 0.6) is 0 Å². The summed E-state index contributed by atoms with van der Waals surface area (Å²) in [6.45, 7) is 5.43. The molecule has 0 saturated carbocycles. The van der Waals surface area contributed by atoms with Crippen LogP contribution in [0.3, 0.4) is 0 Å². The predicted molar refractivity (Wildman–Crippen MR) is 81.4 cm³/mol. The van der Waals surface area contributed by atoms with E-state index in [9.17, 15) is 9.59 Å². The van der Waals surface area contributed by atoms with E-state index in [1.54, 1.807) is 12.1 Å². The molecule has 1 aromatic carbocycles. The van der Waals surface area contributed by atoms with E-state index in [1.165, 1.54) is 7.11 Å². The van der Waals surface area contributed by atoms with Crippen LogP contribution in [0.2, 0.25) is 0 Å². The highest BCUT2D eigenvalue weighted by Gasteiger charge is 2.39. The summed E-state index contributed by atoms with van der Waals surface area (Å²) in [6.07, 6.45) is 1.58. The van der Waals surface area contributed by atoms with Crippen LogP contribution in [0.15, 0.2) is 18.2 Å². The van der Waals surface area contributed by atoms with Crippen LogP contribution in [0, 0.1) is 12.3 Å². The van der Waals surface area contributed by atoms with Crippen LogP contribution < -0.4 is 10.6 Å². The number of carbonyl (C=O) groups is 2. The molecule has 1 aromatic rings. The number of ether oxygens (including phenoxy) is 1. The summed E-state index contributed by atoms with van der Waals surface area (Å²) in [5.74, 6) is -0.479. The monoisotopic (exact) mass is 290 g/mol. The quantitative estimate of drug-likeness (QED) is 0.833. The third-order valence-corrected chi connectivity index (χ3v) is 4.23. The number of esters is 1. The molecule has 0 aromatic heterocycles. The molecule has 0 radical (unpaired) electrons. The second kappa shape index (κ2) is 6.26. The van der Waals surface area contributed by atoms with Crippen molar-refractivity contribution in [1.82, 2.24) is 5.32 Å². The molecule has 1 aliphatic rings. The highest BCUT2D eigenvalue weighted by Crippen LogP contribution is 2.31. The van der Waals surface area contributed by atoms with Crippen molar-refractivity contribution in [2.75, 3.05) is 25.5 Å². The van der Waals surface area contributed by atoms with Crippen molar-refractivity contribution in [2.24, 2.45) is 5.41 Å². The molecule has 1 heterocycles. The molecule has 1 saturated heterocycles. The third kappa shape index (κ3) is 3.08. The van der Waals surface area contributed by atoms with E-state index in [2.05, 4.69) is 10.6 Å². The van der Waals surface area contributed by atoms with E-state index in [0.29, 0.717) is 17.8 Å². The number of aryl methyl sites for hydroxylation is 1. The van der Waals surface area contributed by atoms with E-state index in [-0.39, 0.29) is 5.91 Å². The fourth-order valence-electron chi connectivity index (χ4n) is 2.70. The van der Waals surface area contributed by atoms with Crippen molar-refractivity contribution < 1.29 is 14.3 Å². The zero-order chi connectivity index (χ0) is 15.5. The maximum atomic E-state index is 12.6. The average Bonchev–Trinajstić information content (AvgIpc) is 2.98. The fourth-order valence-corrected chi connectivity index (χ4v) is 2.70. The number of nitrogens with one attached hydrogen (secondary N) is 2. The van der Waals surface area contributed by atoms with Gasteiger partial charge in [0.2, 0.25) is 5.91 Å². The average molecular weight is 290 g/mol. The van der Waals surface area contributed by atoms with Crippen LogP contribution in [-0.4, -0.2) is 32.1 Å². The molecule has 1 amide bonds. The molecular formula is C16H22N2O3. The summed E-state index contributed by atoms with van der Waals surface area (Å²) in [6, 6.07) is 5.35. The number of benzene rings is 1. The number of carbonyl (C=O) groups excluding carboxylic acids is 2. The van der Waals surface area contributed by atoms with Crippen molar-refractivity contribution >= 4 is 17.6 Å². The molecule has 1 fully saturated rings. The predicted octanol–water partition coefficient (Wildman–Crippen LogP) is 2.11. The lowest BCUT2D eigenvalue weighted by atomic mass is 9.83. The molecule has 21 heavy (non-hydrogen) atoms. The van der Waals surface area contributed by atoms with Gasteiger partial charge in [-0.15, -0.1) is 0 Å². The molecular weight excluding hydrogens is 268 g/mol. The van der Waals surface area contributed by atoms with Gasteiger partial charge in [0.25, 0.3) is 0 Å². The molecule has 1 unspecified atom stereocenters. The van der Waals surface area contributed by atoms with Crippen LogP contribution in [0.4, 0.5) is 5.69 Å². The Kier molecular flexibility index (Phi) is 4.63. The lowest BCUT2D eigenvalue weighted by molar-refractivity contribution is -0.124. The van der Waals surface area contributed by atoms with Crippen LogP contribution >= 0.6 is 0 Å². The Balaban J connectivity index is 2.27. The highest BCUT2D eigenvalue weighted by molar-refractivity contribution is 6.03. The summed E-state index contributed by atoms with van der Waals surface area (Å²) in [7, 11) is 1.34. The number of hydrogen-bond acceptors (Lipinski definition) is 4. The first-order chi connectivity index (χ1) is 10.0. The SMILES string of the molecule is CCC1(C(=O)Nc2ccc(C)cc2C(=O)OC)CCNC1. The molecule has 1 aliphatic heterocycles. The fraction of sp³-hybridized carbons (Fsp3) is 0.500. The molecule has 0 spiro atoms. The van der Waals surface area contributed by atoms with E-state index in [1.807, 2.05) is 19.9 Å². The van der Waals surface area contributed by atoms with Crippen molar-refractivity contribution in [2.45, 2.75) is 26.7 Å². The number of amides is 1. The Morgan fingerprint density at radius 2 is 2.19 bits per heavy atom. The Morgan fingerprint density at radius 1 is 1.43 bits per heavy atom. The van der Waals surface area contributed by atoms with E-state index in [4.69, 9.17) is 4.74 Å². The maximum absolute atomic E-state index is 12.6. The smallest absolute Gasteiger partial charge is 0.339 e. The second-order valence-corrected chi connectivity index (χ2v) is 5.56. The summed E-state index contributed by atoms with van der Waals surface area (Å²) < 4.78 is 4.79. The standard InChI is InChI=1S/C16H22N2O3/c1-4-16(7-8-17-10-16)15(20)18-13-6-5-11(2)9-12(13)14(19)21-3/h5-6,9,17H,4,7-8,10H2,1-3H3,(H,18,20). The van der Waals surface area contributed by atoms with Crippen molar-refractivity contribution in [1.29, 1.82) is 0 Å². The van der Waals surface area contributed by atoms with Gasteiger partial charge in [-0.1, -0.05) is 18.6 Å². The zero-order valence-electron chi connectivity index (χ0n) is 12.8. The Morgan fingerprint density at radius 3 is 2.76 bits per heavy atom. The minimum Gasteiger partial charge on any atom is -0.465 e. The summed E-state index contributed by atoms with van der Waals surface area (Å²) in [5.41, 5.74) is 1.46. The van der Waals surface area contributed by atoms with Gasteiger partial charge in [-0.05, 0) is 38.4 Å². The topological polar surface area (TPSA) is 67.4 Å². The molecule has 1 atom stereocenters. The number of hydrogen-bond donors (Lipinski definition) is 2. The molecule has 5 nitrogen and oxygen atoms in total. The van der Waals surface area contributed by atoms with Crippen LogP contribution in [-0.2, 0) is 9.53 Å². The van der Waals surface area contributed by atoms with Crippen molar-refractivity contribution in [3.63, 3.8) is 0 Å². The Labute approximate surface area is 125 Å². The van der Waals surface area contributed by atoms with Gasteiger partial charge in [0, 0.05) is 6.54 Å². The largest absolute Gasteiger partial charge is 0.465 e. The van der Waals surface area contributed by atoms with E-state index < -0.39 is 11.4 Å². The molecule has 5 heteroatoms. The van der Waals surface area contributed by atoms with Gasteiger partial charge in [0.15, 0.2) is 0 Å². The number of methoxy groups -OCH3 is 1. The molecule has 0 aliphatic carbocycles. The van der Waals surface area contributed by atoms with Gasteiger partial charge in [-0.25, -0.2) is 4.79 Å². The maximum Gasteiger partial charge on any atom is 0.339 e. The van der Waals surface area contributed by atoms with E-state index in [0.717, 1.165) is 24.9 Å². The Bertz CT molecular complexity index is 548. The first-order valence-corrected chi connectivity index (χ1v) is 7.23. The first kappa shape index (κ1) is 15.5. The number of rotatable bonds is 4. The van der Waals surface area contributed by atoms with Crippen molar-refractivity contribution in [3.05, 3.63) is 29.3 Å². The molecule has 114 valence electrons. The summed E-state index contributed by atoms with van der Waals surface area (Å²) >= 11 is 0. The van der Waals surface area contributed by atoms with Gasteiger partial charge >= 0.3 is 5.97 Å². The normalized spacial score (nSPS) is 21.1. The molecule has 2 rings (SSSR count). The minimum absolute atomic E-state index is 0.0380. The van der Waals surface area contributed by atoms with Gasteiger partial charge in [0.1, 0.15) is 0 Å². The van der Waals surface area contributed by atoms with Crippen molar-refractivity contribution in [3.8, 4) is 0 Å². The van der Waals surface area contributed by atoms with Gasteiger partial charge in [-0.3, -0.25) is 4.79 Å².